The Balaban J connectivity index is 1.76. The molecule has 0 unspecified atom stereocenters. The molecule has 0 saturated heterocycles. The van der Waals surface area contributed by atoms with Gasteiger partial charge in [0.05, 0.1) is 17.4 Å². The molecule has 3 rings (SSSR count). The van der Waals surface area contributed by atoms with E-state index in [1.165, 1.54) is 35.2 Å². The van der Waals surface area contributed by atoms with Gasteiger partial charge in [-0.2, -0.15) is 5.26 Å². The van der Waals surface area contributed by atoms with Crippen LogP contribution in [-0.2, 0) is 16.4 Å². The maximum absolute atomic E-state index is 12.9. The zero-order chi connectivity index (χ0) is 21.0. The van der Waals surface area contributed by atoms with Crippen molar-refractivity contribution < 1.29 is 22.7 Å². The number of fused-ring (bicyclic) bond motifs is 1. The number of primary sulfonamides is 1. The monoisotopic (exact) mass is 415 g/mol. The van der Waals surface area contributed by atoms with Gasteiger partial charge in [-0.15, -0.1) is 0 Å². The second-order valence-electron chi connectivity index (χ2n) is 6.27. The average Bonchev–Trinajstić information content (AvgIpc) is 3.07. The number of aromatic nitrogens is 2. The van der Waals surface area contributed by atoms with E-state index in [0.717, 1.165) is 5.56 Å². The van der Waals surface area contributed by atoms with E-state index >= 15 is 0 Å². The number of sulfonamides is 1. The van der Waals surface area contributed by atoms with Crippen molar-refractivity contribution >= 4 is 27.0 Å². The number of nitriles is 1. The summed E-state index contributed by atoms with van der Waals surface area (Å²) in [5, 5.41) is 29.0. The van der Waals surface area contributed by atoms with E-state index in [-0.39, 0.29) is 39.7 Å². The van der Waals surface area contributed by atoms with Gasteiger partial charge in [0.2, 0.25) is 21.1 Å². The highest BCUT2D eigenvalue weighted by Crippen LogP contribution is 2.14. The molecule has 0 aliphatic carbocycles. The van der Waals surface area contributed by atoms with Crippen LogP contribution in [0.25, 0.3) is 11.0 Å². The fraction of sp³-hybridized carbons (Fsp3) is 0.222. The largest absolute Gasteiger partial charge is 0.359 e. The van der Waals surface area contributed by atoms with E-state index in [2.05, 4.69) is 9.79 Å². The molecule has 1 amide bonds. The average molecular weight is 415 g/mol. The number of nitrogens with zero attached hydrogens (tertiary/aromatic N) is 4. The normalized spacial score (nSPS) is 11.3. The van der Waals surface area contributed by atoms with E-state index < -0.39 is 10.0 Å². The number of carbonyl (C=O) groups excluding carboxylic acids is 1. The molecular weight excluding hydrogens is 398 g/mol. The molecule has 0 radical (unpaired) electrons. The molecule has 1 heterocycles. The Kier molecular flexibility index (Phi) is 5.76. The predicted molar refractivity (Wildman–Crippen MR) is 101 cm³/mol. The molecule has 1 aromatic heterocycles. The summed E-state index contributed by atoms with van der Waals surface area (Å²) < 4.78 is 27.2. The van der Waals surface area contributed by atoms with Gasteiger partial charge in [-0.05, 0) is 41.2 Å². The molecule has 0 fully saturated rings. The number of rotatable bonds is 7. The van der Waals surface area contributed by atoms with Gasteiger partial charge >= 0.3 is 0 Å². The number of benzene rings is 2. The van der Waals surface area contributed by atoms with Crippen LogP contribution in [0.2, 0.25) is 0 Å². The molecular formula is C18H17N5O5S. The SMILES string of the molecule is N#CCCN(CCc1ccc(S(N)(=O)=O)cc1)C(=O)c1ccc2c(c1)no[n+]2[O-]. The van der Waals surface area contributed by atoms with Crippen LogP contribution < -0.4 is 10.0 Å². The second-order valence-corrected chi connectivity index (χ2v) is 7.83. The van der Waals surface area contributed by atoms with Crippen molar-refractivity contribution in [1.82, 2.24) is 10.1 Å². The van der Waals surface area contributed by atoms with Gasteiger partial charge in [-0.25, -0.2) is 13.6 Å². The molecule has 150 valence electrons. The minimum absolute atomic E-state index is 0.00944. The highest BCUT2D eigenvalue weighted by molar-refractivity contribution is 7.89. The first kappa shape index (κ1) is 20.2. The van der Waals surface area contributed by atoms with Crippen LogP contribution in [0, 0.1) is 16.5 Å². The Hall–Kier alpha value is -3.49. The van der Waals surface area contributed by atoms with Gasteiger partial charge in [0, 0.05) is 29.9 Å². The first-order chi connectivity index (χ1) is 13.8. The number of hydrogen-bond acceptors (Lipinski definition) is 7. The lowest BCUT2D eigenvalue weighted by atomic mass is 10.1. The summed E-state index contributed by atoms with van der Waals surface area (Å²) in [6, 6.07) is 12.5. The highest BCUT2D eigenvalue weighted by atomic mass is 32.2. The maximum Gasteiger partial charge on any atom is 0.254 e. The minimum Gasteiger partial charge on any atom is -0.359 e. The molecule has 0 bridgehead atoms. The first-order valence-corrected chi connectivity index (χ1v) is 10.1. The lowest BCUT2D eigenvalue weighted by Gasteiger charge is -2.21. The van der Waals surface area contributed by atoms with Crippen LogP contribution in [-0.4, -0.2) is 37.5 Å². The topological polar surface area (TPSA) is 157 Å². The molecule has 0 spiro atoms. The molecule has 29 heavy (non-hydrogen) atoms. The van der Waals surface area contributed by atoms with Crippen molar-refractivity contribution in [3.8, 4) is 6.07 Å². The first-order valence-electron chi connectivity index (χ1n) is 8.57. The number of carbonyl (C=O) groups is 1. The fourth-order valence-corrected chi connectivity index (χ4v) is 3.32. The summed E-state index contributed by atoms with van der Waals surface area (Å²) >= 11 is 0. The van der Waals surface area contributed by atoms with Crippen LogP contribution in [0.3, 0.4) is 0 Å². The maximum atomic E-state index is 12.9. The summed E-state index contributed by atoms with van der Waals surface area (Å²) in [6.07, 6.45) is 0.609. The Labute approximate surface area is 166 Å². The van der Waals surface area contributed by atoms with E-state index in [0.29, 0.717) is 18.5 Å². The van der Waals surface area contributed by atoms with Gasteiger partial charge in [-0.3, -0.25) is 9.42 Å². The van der Waals surface area contributed by atoms with Crippen LogP contribution in [0.4, 0.5) is 0 Å². The van der Waals surface area contributed by atoms with Crippen LogP contribution in [0.15, 0.2) is 52.0 Å². The standard InChI is InChI=1S/C18H17N5O5S/c19-9-1-10-22(11-8-13-2-5-15(6-3-13)29(20,26)27)18(24)14-4-7-17-16(12-14)21-28-23(17)25/h2-7,12H,1,8,10-11H2,(H2,20,26,27). The van der Waals surface area contributed by atoms with Crippen molar-refractivity contribution in [1.29, 1.82) is 5.26 Å². The number of amides is 1. The van der Waals surface area contributed by atoms with Crippen molar-refractivity contribution in [3.05, 3.63) is 58.8 Å². The zero-order valence-electron chi connectivity index (χ0n) is 15.2. The Morgan fingerprint density at radius 3 is 2.62 bits per heavy atom. The lowest BCUT2D eigenvalue weighted by Crippen LogP contribution is -2.34. The van der Waals surface area contributed by atoms with Crippen LogP contribution in [0.5, 0.6) is 0 Å². The molecule has 0 aliphatic heterocycles. The third-order valence-electron chi connectivity index (χ3n) is 4.34. The summed E-state index contributed by atoms with van der Waals surface area (Å²) in [5.41, 5.74) is 1.59. The lowest BCUT2D eigenvalue weighted by molar-refractivity contribution is -0.782. The third-order valence-corrected chi connectivity index (χ3v) is 5.26. The van der Waals surface area contributed by atoms with E-state index in [1.807, 2.05) is 6.07 Å². The fourth-order valence-electron chi connectivity index (χ4n) is 2.80. The minimum atomic E-state index is -3.77. The molecule has 0 aliphatic rings. The Bertz CT molecular complexity index is 1180. The molecule has 3 aromatic rings. The summed E-state index contributed by atoms with van der Waals surface area (Å²) in [7, 11) is -3.77. The van der Waals surface area contributed by atoms with Crippen molar-refractivity contribution in [2.75, 3.05) is 13.1 Å². The molecule has 2 aromatic carbocycles. The predicted octanol–water partition coefficient (Wildman–Crippen LogP) is 0.707. The summed E-state index contributed by atoms with van der Waals surface area (Å²) in [6.45, 7) is 0.538. The van der Waals surface area contributed by atoms with Gasteiger partial charge in [-0.1, -0.05) is 12.1 Å². The van der Waals surface area contributed by atoms with E-state index in [9.17, 15) is 18.4 Å². The molecule has 11 heteroatoms. The zero-order valence-corrected chi connectivity index (χ0v) is 16.0. The smallest absolute Gasteiger partial charge is 0.254 e. The summed E-state index contributed by atoms with van der Waals surface area (Å²) in [4.78, 5) is 14.7. The van der Waals surface area contributed by atoms with E-state index in [1.54, 1.807) is 12.1 Å². The van der Waals surface area contributed by atoms with Gasteiger partial charge in [0.1, 0.15) is 0 Å². The van der Waals surface area contributed by atoms with Crippen molar-refractivity contribution in [2.45, 2.75) is 17.7 Å². The quantitative estimate of drug-likeness (QED) is 0.556. The highest BCUT2D eigenvalue weighted by Gasteiger charge is 2.19. The Morgan fingerprint density at radius 2 is 1.97 bits per heavy atom. The number of hydrogen-bond donors (Lipinski definition) is 1. The summed E-state index contributed by atoms with van der Waals surface area (Å²) in [5.74, 6) is -0.316. The second kappa shape index (κ2) is 8.26. The molecule has 10 nitrogen and oxygen atoms in total. The Morgan fingerprint density at radius 1 is 1.24 bits per heavy atom. The van der Waals surface area contributed by atoms with Gasteiger partial charge < -0.3 is 10.1 Å². The van der Waals surface area contributed by atoms with Crippen LogP contribution in [0.1, 0.15) is 22.3 Å². The van der Waals surface area contributed by atoms with E-state index in [4.69, 9.17) is 10.4 Å². The van der Waals surface area contributed by atoms with Crippen molar-refractivity contribution in [2.24, 2.45) is 5.14 Å². The van der Waals surface area contributed by atoms with Crippen molar-refractivity contribution in [3.63, 3.8) is 0 Å². The number of nitrogens with two attached hydrogens (primary N) is 1. The third kappa shape index (κ3) is 4.68. The molecule has 0 saturated carbocycles. The van der Waals surface area contributed by atoms with Gasteiger partial charge in [0.15, 0.2) is 0 Å². The molecule has 0 atom stereocenters. The van der Waals surface area contributed by atoms with Gasteiger partial charge in [0.25, 0.3) is 5.91 Å². The van der Waals surface area contributed by atoms with Crippen LogP contribution >= 0.6 is 0 Å². The molecule has 2 N–H and O–H groups in total.